The molecular weight excluding hydrogens is 304 g/mol. The Morgan fingerprint density at radius 3 is 2.47 bits per heavy atom. The van der Waals surface area contributed by atoms with E-state index in [-0.39, 0.29) is 11.9 Å². The molecule has 0 saturated heterocycles. The van der Waals surface area contributed by atoms with Crippen LogP contribution in [0.2, 0.25) is 0 Å². The molecular formula is C15H15BrN2O. The molecule has 0 aliphatic rings. The number of rotatable bonds is 3. The van der Waals surface area contributed by atoms with E-state index in [0.717, 1.165) is 5.56 Å². The second-order valence-electron chi connectivity index (χ2n) is 4.35. The van der Waals surface area contributed by atoms with Crippen molar-refractivity contribution in [1.82, 2.24) is 9.88 Å². The van der Waals surface area contributed by atoms with Gasteiger partial charge in [0.25, 0.3) is 5.91 Å². The standard InChI is InChI=1S/C15H15BrN2O/c1-11(12-7-4-3-5-8-12)18(2)15(19)13-9-6-10-14(16)17-13/h3-11H,1-2H3. The lowest BCUT2D eigenvalue weighted by Gasteiger charge is -2.25. The zero-order valence-corrected chi connectivity index (χ0v) is 12.5. The fourth-order valence-electron chi connectivity index (χ4n) is 1.84. The number of aromatic nitrogens is 1. The lowest BCUT2D eigenvalue weighted by atomic mass is 10.1. The van der Waals surface area contributed by atoms with Crippen molar-refractivity contribution < 1.29 is 4.79 Å². The first-order valence-electron chi connectivity index (χ1n) is 6.04. The highest BCUT2D eigenvalue weighted by Gasteiger charge is 2.19. The van der Waals surface area contributed by atoms with Crippen molar-refractivity contribution in [3.63, 3.8) is 0 Å². The molecule has 3 nitrogen and oxygen atoms in total. The highest BCUT2D eigenvalue weighted by Crippen LogP contribution is 2.20. The number of hydrogen-bond donors (Lipinski definition) is 0. The van der Waals surface area contributed by atoms with E-state index in [1.807, 2.05) is 43.3 Å². The first-order valence-corrected chi connectivity index (χ1v) is 6.83. The van der Waals surface area contributed by atoms with E-state index in [2.05, 4.69) is 20.9 Å². The quantitative estimate of drug-likeness (QED) is 0.809. The highest BCUT2D eigenvalue weighted by molar-refractivity contribution is 9.10. The Morgan fingerprint density at radius 2 is 1.84 bits per heavy atom. The Labute approximate surface area is 121 Å². The van der Waals surface area contributed by atoms with Crippen molar-refractivity contribution in [2.24, 2.45) is 0 Å². The summed E-state index contributed by atoms with van der Waals surface area (Å²) in [7, 11) is 1.79. The summed E-state index contributed by atoms with van der Waals surface area (Å²) >= 11 is 3.28. The average Bonchev–Trinajstić information content (AvgIpc) is 2.46. The molecule has 0 bridgehead atoms. The largest absolute Gasteiger partial charge is 0.334 e. The fraction of sp³-hybridized carbons (Fsp3) is 0.200. The number of nitrogens with zero attached hydrogens (tertiary/aromatic N) is 2. The van der Waals surface area contributed by atoms with Crippen LogP contribution in [0.5, 0.6) is 0 Å². The van der Waals surface area contributed by atoms with Gasteiger partial charge >= 0.3 is 0 Å². The molecule has 1 unspecified atom stereocenters. The molecule has 1 atom stereocenters. The van der Waals surface area contributed by atoms with E-state index in [1.165, 1.54) is 0 Å². The van der Waals surface area contributed by atoms with Gasteiger partial charge in [0.05, 0.1) is 6.04 Å². The molecule has 0 N–H and O–H groups in total. The maximum Gasteiger partial charge on any atom is 0.272 e. The third-order valence-corrected chi connectivity index (χ3v) is 3.56. The zero-order chi connectivity index (χ0) is 13.8. The minimum atomic E-state index is -0.0855. The lowest BCUT2D eigenvalue weighted by Crippen LogP contribution is -2.30. The van der Waals surface area contributed by atoms with Gasteiger partial charge in [-0.2, -0.15) is 0 Å². The minimum Gasteiger partial charge on any atom is -0.334 e. The summed E-state index contributed by atoms with van der Waals surface area (Å²) in [4.78, 5) is 18.2. The summed E-state index contributed by atoms with van der Waals surface area (Å²) in [5, 5.41) is 0. The molecule has 0 radical (unpaired) electrons. The molecule has 0 fully saturated rings. The van der Waals surface area contributed by atoms with Crippen LogP contribution in [0, 0.1) is 0 Å². The molecule has 98 valence electrons. The van der Waals surface area contributed by atoms with Gasteiger partial charge in [-0.3, -0.25) is 4.79 Å². The van der Waals surface area contributed by atoms with Gasteiger partial charge in [-0.15, -0.1) is 0 Å². The summed E-state index contributed by atoms with van der Waals surface area (Å²) in [5.41, 5.74) is 1.55. The summed E-state index contributed by atoms with van der Waals surface area (Å²) < 4.78 is 0.666. The van der Waals surface area contributed by atoms with E-state index in [9.17, 15) is 4.79 Å². The molecule has 1 aromatic carbocycles. The Hall–Kier alpha value is -1.68. The Kier molecular flexibility index (Phi) is 4.32. The van der Waals surface area contributed by atoms with E-state index in [1.54, 1.807) is 24.1 Å². The Bertz CT molecular complexity index is 571. The van der Waals surface area contributed by atoms with Crippen LogP contribution in [0.4, 0.5) is 0 Å². The third-order valence-electron chi connectivity index (χ3n) is 3.12. The van der Waals surface area contributed by atoms with Crippen LogP contribution in [0.3, 0.4) is 0 Å². The Balaban J connectivity index is 2.20. The summed E-state index contributed by atoms with van der Waals surface area (Å²) in [6.45, 7) is 2.01. The van der Waals surface area contributed by atoms with Crippen molar-refractivity contribution >= 4 is 21.8 Å². The number of carbonyl (C=O) groups is 1. The number of carbonyl (C=O) groups excluding carboxylic acids is 1. The van der Waals surface area contributed by atoms with Crippen molar-refractivity contribution in [3.8, 4) is 0 Å². The molecule has 4 heteroatoms. The monoisotopic (exact) mass is 318 g/mol. The van der Waals surface area contributed by atoms with Crippen LogP contribution in [0.1, 0.15) is 29.0 Å². The maximum absolute atomic E-state index is 12.4. The van der Waals surface area contributed by atoms with E-state index in [0.29, 0.717) is 10.3 Å². The normalized spacial score (nSPS) is 11.9. The van der Waals surface area contributed by atoms with Crippen LogP contribution in [0.15, 0.2) is 53.1 Å². The predicted molar refractivity (Wildman–Crippen MR) is 78.9 cm³/mol. The molecule has 0 saturated carbocycles. The van der Waals surface area contributed by atoms with Gasteiger partial charge in [0.2, 0.25) is 0 Å². The van der Waals surface area contributed by atoms with Crippen LogP contribution < -0.4 is 0 Å². The molecule has 2 aromatic rings. The van der Waals surface area contributed by atoms with Gasteiger partial charge in [0.1, 0.15) is 10.3 Å². The summed E-state index contributed by atoms with van der Waals surface area (Å²) in [6.07, 6.45) is 0. The molecule has 2 rings (SSSR count). The molecule has 0 aliphatic heterocycles. The van der Waals surface area contributed by atoms with Crippen molar-refractivity contribution in [3.05, 3.63) is 64.4 Å². The SMILES string of the molecule is CC(c1ccccc1)N(C)C(=O)c1cccc(Br)n1. The second-order valence-corrected chi connectivity index (χ2v) is 5.16. The topological polar surface area (TPSA) is 33.2 Å². The van der Waals surface area contributed by atoms with E-state index >= 15 is 0 Å². The van der Waals surface area contributed by atoms with Gasteiger partial charge < -0.3 is 4.90 Å². The van der Waals surface area contributed by atoms with Gasteiger partial charge in [0, 0.05) is 7.05 Å². The van der Waals surface area contributed by atoms with Crippen LogP contribution >= 0.6 is 15.9 Å². The van der Waals surface area contributed by atoms with Crippen LogP contribution in [0.25, 0.3) is 0 Å². The molecule has 19 heavy (non-hydrogen) atoms. The molecule has 0 spiro atoms. The summed E-state index contributed by atoms with van der Waals surface area (Å²) in [6, 6.07) is 15.3. The average molecular weight is 319 g/mol. The maximum atomic E-state index is 12.4. The minimum absolute atomic E-state index is 0.00878. The smallest absolute Gasteiger partial charge is 0.272 e. The summed E-state index contributed by atoms with van der Waals surface area (Å²) in [5.74, 6) is -0.0855. The number of halogens is 1. The first kappa shape index (κ1) is 13.7. The highest BCUT2D eigenvalue weighted by atomic mass is 79.9. The number of hydrogen-bond acceptors (Lipinski definition) is 2. The molecule has 1 amide bonds. The fourth-order valence-corrected chi connectivity index (χ4v) is 2.18. The van der Waals surface area contributed by atoms with Gasteiger partial charge in [-0.25, -0.2) is 4.98 Å². The molecule has 0 aliphatic carbocycles. The molecule has 1 heterocycles. The zero-order valence-electron chi connectivity index (χ0n) is 10.9. The van der Waals surface area contributed by atoms with E-state index in [4.69, 9.17) is 0 Å². The number of benzene rings is 1. The number of pyridine rings is 1. The van der Waals surface area contributed by atoms with Crippen LogP contribution in [-0.2, 0) is 0 Å². The van der Waals surface area contributed by atoms with Gasteiger partial charge in [-0.1, -0.05) is 36.4 Å². The third kappa shape index (κ3) is 3.20. The lowest BCUT2D eigenvalue weighted by molar-refractivity contribution is 0.0736. The second kappa shape index (κ2) is 5.97. The van der Waals surface area contributed by atoms with Crippen molar-refractivity contribution in [1.29, 1.82) is 0 Å². The first-order chi connectivity index (χ1) is 9.09. The Morgan fingerprint density at radius 1 is 1.16 bits per heavy atom. The van der Waals surface area contributed by atoms with Crippen molar-refractivity contribution in [2.75, 3.05) is 7.05 Å². The van der Waals surface area contributed by atoms with Crippen molar-refractivity contribution in [2.45, 2.75) is 13.0 Å². The van der Waals surface area contributed by atoms with E-state index < -0.39 is 0 Å². The molecule has 1 aromatic heterocycles. The van der Waals surface area contributed by atoms with Gasteiger partial charge in [-0.05, 0) is 40.5 Å². The number of amides is 1. The van der Waals surface area contributed by atoms with Crippen LogP contribution in [-0.4, -0.2) is 22.8 Å². The van der Waals surface area contributed by atoms with Gasteiger partial charge in [0.15, 0.2) is 0 Å². The predicted octanol–water partition coefficient (Wildman–Crippen LogP) is 3.68.